The van der Waals surface area contributed by atoms with Gasteiger partial charge in [-0.3, -0.25) is 4.98 Å². The van der Waals surface area contributed by atoms with Gasteiger partial charge in [0.2, 0.25) is 0 Å². The van der Waals surface area contributed by atoms with E-state index in [9.17, 15) is 12.9 Å². The van der Waals surface area contributed by atoms with E-state index >= 15 is 0 Å². The van der Waals surface area contributed by atoms with Crippen LogP contribution in [0.25, 0.3) is 0 Å². The van der Waals surface area contributed by atoms with E-state index in [0.717, 1.165) is 17.2 Å². The van der Waals surface area contributed by atoms with Gasteiger partial charge in [-0.1, -0.05) is 23.2 Å². The second-order valence-electron chi connectivity index (χ2n) is 4.78. The molecule has 0 saturated carbocycles. The normalized spacial score (nSPS) is 11.4. The SMILES string of the molecule is Cc1cncc(COc2ccc(C)cc2[B-](F)(F)F)c1. The van der Waals surface area contributed by atoms with Crippen LogP contribution in [0.1, 0.15) is 16.7 Å². The van der Waals surface area contributed by atoms with E-state index in [0.29, 0.717) is 5.56 Å². The molecular weight excluding hydrogens is 266 g/mol. The summed E-state index contributed by atoms with van der Waals surface area (Å²) in [5.41, 5.74) is 1.55. The Morgan fingerprint density at radius 2 is 1.80 bits per heavy atom. The minimum atomic E-state index is -5.09. The maximum absolute atomic E-state index is 13.0. The highest BCUT2D eigenvalue weighted by Gasteiger charge is 2.29. The zero-order valence-corrected chi connectivity index (χ0v) is 11.2. The number of benzene rings is 1. The molecule has 1 aromatic carbocycles. The molecule has 0 aliphatic carbocycles. The zero-order chi connectivity index (χ0) is 14.8. The predicted molar refractivity (Wildman–Crippen MR) is 73.2 cm³/mol. The topological polar surface area (TPSA) is 22.1 Å². The Morgan fingerprint density at radius 1 is 1.05 bits per heavy atom. The average molecular weight is 280 g/mol. The fourth-order valence-electron chi connectivity index (χ4n) is 1.91. The zero-order valence-electron chi connectivity index (χ0n) is 11.2. The first-order chi connectivity index (χ1) is 9.36. The summed E-state index contributed by atoms with van der Waals surface area (Å²) in [6, 6.07) is 5.92. The molecule has 0 bridgehead atoms. The third-order valence-corrected chi connectivity index (χ3v) is 2.84. The minimum Gasteiger partial charge on any atom is -0.492 e. The van der Waals surface area contributed by atoms with Gasteiger partial charge >= 0.3 is 6.98 Å². The van der Waals surface area contributed by atoms with Crippen molar-refractivity contribution in [2.75, 3.05) is 0 Å². The van der Waals surface area contributed by atoms with Crippen LogP contribution < -0.4 is 10.2 Å². The smallest absolute Gasteiger partial charge is 0.492 e. The lowest BCUT2D eigenvalue weighted by Gasteiger charge is -2.20. The third kappa shape index (κ3) is 3.53. The van der Waals surface area contributed by atoms with Gasteiger partial charge in [-0.25, -0.2) is 0 Å². The molecule has 6 heteroatoms. The van der Waals surface area contributed by atoms with E-state index in [2.05, 4.69) is 4.98 Å². The second-order valence-corrected chi connectivity index (χ2v) is 4.78. The van der Waals surface area contributed by atoms with E-state index in [-0.39, 0.29) is 12.4 Å². The molecule has 20 heavy (non-hydrogen) atoms. The van der Waals surface area contributed by atoms with Crippen LogP contribution in [0, 0.1) is 13.8 Å². The van der Waals surface area contributed by atoms with Crippen molar-refractivity contribution in [3.63, 3.8) is 0 Å². The van der Waals surface area contributed by atoms with Crippen molar-refractivity contribution in [1.82, 2.24) is 4.98 Å². The molecule has 106 valence electrons. The predicted octanol–water partition coefficient (Wildman–Crippen LogP) is 3.33. The molecule has 1 heterocycles. The molecule has 0 N–H and O–H groups in total. The molecule has 0 saturated heterocycles. The van der Waals surface area contributed by atoms with Crippen molar-refractivity contribution in [1.29, 1.82) is 0 Å². The van der Waals surface area contributed by atoms with Crippen molar-refractivity contribution in [3.8, 4) is 5.75 Å². The quantitative estimate of drug-likeness (QED) is 0.801. The van der Waals surface area contributed by atoms with Crippen LogP contribution in [0.5, 0.6) is 5.75 Å². The van der Waals surface area contributed by atoms with E-state index in [1.807, 2.05) is 13.0 Å². The van der Waals surface area contributed by atoms with Crippen molar-refractivity contribution < 1.29 is 17.7 Å². The Morgan fingerprint density at radius 3 is 2.45 bits per heavy atom. The van der Waals surface area contributed by atoms with E-state index < -0.39 is 12.4 Å². The van der Waals surface area contributed by atoms with Crippen molar-refractivity contribution in [2.24, 2.45) is 0 Å². The number of aromatic nitrogens is 1. The van der Waals surface area contributed by atoms with Crippen molar-refractivity contribution >= 4 is 12.4 Å². The van der Waals surface area contributed by atoms with Crippen LogP contribution in [0.2, 0.25) is 0 Å². The van der Waals surface area contributed by atoms with Crippen LogP contribution >= 0.6 is 0 Å². The average Bonchev–Trinajstić information content (AvgIpc) is 2.36. The van der Waals surface area contributed by atoms with Gasteiger partial charge in [-0.2, -0.15) is 0 Å². The van der Waals surface area contributed by atoms with Crippen molar-refractivity contribution in [2.45, 2.75) is 20.5 Å². The molecule has 0 fully saturated rings. The molecule has 0 aliphatic heterocycles. The minimum absolute atomic E-state index is 0.0664. The maximum atomic E-state index is 13.0. The van der Waals surface area contributed by atoms with E-state index in [1.54, 1.807) is 25.4 Å². The molecule has 1 aromatic heterocycles. The molecule has 0 amide bonds. The Hall–Kier alpha value is -1.98. The summed E-state index contributed by atoms with van der Waals surface area (Å²) < 4.78 is 44.3. The number of aryl methyl sites for hydroxylation is 2. The van der Waals surface area contributed by atoms with Gasteiger partial charge < -0.3 is 17.7 Å². The monoisotopic (exact) mass is 280 g/mol. The summed E-state index contributed by atoms with van der Waals surface area (Å²) in [6.45, 7) is -1.53. The maximum Gasteiger partial charge on any atom is 0.513 e. The standard InChI is InChI=1S/C14H14BF3NO/c1-10-3-4-14(13(6-10)15(16,17)18)20-9-12-5-11(2)7-19-8-12/h3-8H,9H2,1-2H3/q-1. The van der Waals surface area contributed by atoms with Crippen LogP contribution in [0.15, 0.2) is 36.7 Å². The van der Waals surface area contributed by atoms with Crippen LogP contribution in [0.3, 0.4) is 0 Å². The Kier molecular flexibility index (Phi) is 4.02. The number of rotatable bonds is 4. The van der Waals surface area contributed by atoms with Crippen molar-refractivity contribution in [3.05, 3.63) is 53.3 Å². The van der Waals surface area contributed by atoms with Crippen LogP contribution in [-0.2, 0) is 6.61 Å². The van der Waals surface area contributed by atoms with E-state index in [1.165, 1.54) is 6.07 Å². The summed E-state index contributed by atoms with van der Waals surface area (Å²) in [4.78, 5) is 3.98. The Balaban J connectivity index is 2.21. The first kappa shape index (κ1) is 14.4. The van der Waals surface area contributed by atoms with Gasteiger partial charge in [0, 0.05) is 18.0 Å². The third-order valence-electron chi connectivity index (χ3n) is 2.84. The second kappa shape index (κ2) is 5.57. The number of hydrogen-bond acceptors (Lipinski definition) is 2. The number of ether oxygens (including phenoxy) is 1. The molecule has 0 aliphatic rings. The lowest BCUT2D eigenvalue weighted by molar-refractivity contribution is 0.306. The molecule has 2 rings (SSSR count). The number of halogens is 3. The molecule has 0 unspecified atom stereocenters. The number of hydrogen-bond donors (Lipinski definition) is 0. The lowest BCUT2D eigenvalue weighted by Crippen LogP contribution is -2.35. The molecule has 0 atom stereocenters. The van der Waals surface area contributed by atoms with Gasteiger partial charge in [0.15, 0.2) is 0 Å². The fraction of sp³-hybridized carbons (Fsp3) is 0.214. The fourth-order valence-corrected chi connectivity index (χ4v) is 1.91. The highest BCUT2D eigenvalue weighted by molar-refractivity contribution is 6.74. The molecule has 2 aromatic rings. The van der Waals surface area contributed by atoms with Crippen LogP contribution in [0.4, 0.5) is 12.9 Å². The van der Waals surface area contributed by atoms with Gasteiger partial charge in [-0.05, 0) is 31.5 Å². The first-order valence-corrected chi connectivity index (χ1v) is 6.20. The summed E-state index contributed by atoms with van der Waals surface area (Å²) in [7, 11) is 0. The van der Waals surface area contributed by atoms with Gasteiger partial charge in [0.05, 0.1) is 5.75 Å². The number of nitrogens with zero attached hydrogens (tertiary/aromatic N) is 1. The number of pyridine rings is 1. The Bertz CT molecular complexity index is 614. The molecule has 0 radical (unpaired) electrons. The van der Waals surface area contributed by atoms with Gasteiger partial charge in [-0.15, -0.1) is 0 Å². The lowest BCUT2D eigenvalue weighted by atomic mass is 9.78. The summed E-state index contributed by atoms with van der Waals surface area (Å²) in [6.07, 6.45) is 3.26. The largest absolute Gasteiger partial charge is 0.513 e. The molecular formula is C14H14BF3NO-. The summed E-state index contributed by atoms with van der Waals surface area (Å²) in [5.74, 6) is -0.135. The molecule has 0 spiro atoms. The van der Waals surface area contributed by atoms with Crippen LogP contribution in [-0.4, -0.2) is 12.0 Å². The van der Waals surface area contributed by atoms with E-state index in [4.69, 9.17) is 4.74 Å². The summed E-state index contributed by atoms with van der Waals surface area (Å²) >= 11 is 0. The Labute approximate surface area is 115 Å². The first-order valence-electron chi connectivity index (χ1n) is 6.20. The highest BCUT2D eigenvalue weighted by atomic mass is 19.4. The molecule has 2 nitrogen and oxygen atoms in total. The van der Waals surface area contributed by atoms with Gasteiger partial charge in [0.25, 0.3) is 0 Å². The van der Waals surface area contributed by atoms with Gasteiger partial charge in [0.1, 0.15) is 6.61 Å². The summed E-state index contributed by atoms with van der Waals surface area (Å²) in [5, 5.41) is 0. The highest BCUT2D eigenvalue weighted by Crippen LogP contribution is 2.20.